The Morgan fingerprint density at radius 1 is 1.17 bits per heavy atom. The first-order chi connectivity index (χ1) is 8.61. The van der Waals surface area contributed by atoms with E-state index in [1.807, 2.05) is 44.2 Å². The van der Waals surface area contributed by atoms with Gasteiger partial charge in [-0.15, -0.1) is 0 Å². The minimum atomic E-state index is -0.192. The molecule has 2 aromatic carbocycles. The second-order valence-electron chi connectivity index (χ2n) is 4.62. The van der Waals surface area contributed by atoms with E-state index in [0.29, 0.717) is 5.56 Å². The molecule has 0 fully saturated rings. The van der Waals surface area contributed by atoms with Gasteiger partial charge in [0, 0.05) is 11.6 Å². The van der Waals surface area contributed by atoms with Crippen LogP contribution >= 0.6 is 0 Å². The van der Waals surface area contributed by atoms with E-state index in [2.05, 4.69) is 0 Å². The molecule has 0 amide bonds. The second-order valence-corrected chi connectivity index (χ2v) is 4.62. The van der Waals surface area contributed by atoms with Gasteiger partial charge in [-0.2, -0.15) is 0 Å². The van der Waals surface area contributed by atoms with Crippen LogP contribution in [-0.2, 0) is 0 Å². The van der Waals surface area contributed by atoms with Crippen molar-refractivity contribution in [2.24, 2.45) is 5.73 Å². The highest BCUT2D eigenvalue weighted by molar-refractivity contribution is 5.65. The van der Waals surface area contributed by atoms with E-state index in [4.69, 9.17) is 5.73 Å². The van der Waals surface area contributed by atoms with Crippen LogP contribution in [0.4, 0.5) is 4.39 Å². The van der Waals surface area contributed by atoms with Gasteiger partial charge in [-0.1, -0.05) is 36.8 Å². The molecule has 0 bridgehead atoms. The molecule has 0 saturated carbocycles. The van der Waals surface area contributed by atoms with Crippen molar-refractivity contribution in [2.45, 2.75) is 26.3 Å². The Balaban J connectivity index is 2.47. The zero-order valence-corrected chi connectivity index (χ0v) is 10.8. The predicted octanol–water partition coefficient (Wildman–Crippen LogP) is 4.21. The fourth-order valence-corrected chi connectivity index (χ4v) is 2.03. The molecule has 1 atom stereocenters. The summed E-state index contributed by atoms with van der Waals surface area (Å²) in [5.74, 6) is -0.192. The van der Waals surface area contributed by atoms with Gasteiger partial charge in [0.15, 0.2) is 0 Å². The van der Waals surface area contributed by atoms with Crippen molar-refractivity contribution in [3.8, 4) is 11.1 Å². The Morgan fingerprint density at radius 3 is 2.67 bits per heavy atom. The average molecular weight is 243 g/mol. The third-order valence-corrected chi connectivity index (χ3v) is 3.19. The van der Waals surface area contributed by atoms with Gasteiger partial charge in [0.05, 0.1) is 0 Å². The van der Waals surface area contributed by atoms with E-state index in [1.165, 1.54) is 6.07 Å². The Kier molecular flexibility index (Phi) is 3.78. The van der Waals surface area contributed by atoms with Crippen LogP contribution in [0.25, 0.3) is 11.1 Å². The van der Waals surface area contributed by atoms with E-state index < -0.39 is 0 Å². The molecular weight excluding hydrogens is 225 g/mol. The normalized spacial score (nSPS) is 12.4. The Hall–Kier alpha value is -1.67. The number of halogens is 1. The summed E-state index contributed by atoms with van der Waals surface area (Å²) in [4.78, 5) is 0. The highest BCUT2D eigenvalue weighted by atomic mass is 19.1. The first-order valence-corrected chi connectivity index (χ1v) is 6.24. The largest absolute Gasteiger partial charge is 0.324 e. The first kappa shape index (κ1) is 12.8. The van der Waals surface area contributed by atoms with Gasteiger partial charge in [0.2, 0.25) is 0 Å². The van der Waals surface area contributed by atoms with Gasteiger partial charge >= 0.3 is 0 Å². The lowest BCUT2D eigenvalue weighted by molar-refractivity contribution is 0.630. The highest BCUT2D eigenvalue weighted by Crippen LogP contribution is 2.26. The summed E-state index contributed by atoms with van der Waals surface area (Å²) in [7, 11) is 0. The van der Waals surface area contributed by atoms with Crippen LogP contribution < -0.4 is 5.73 Å². The molecule has 2 rings (SSSR count). The Labute approximate surface area is 107 Å². The van der Waals surface area contributed by atoms with Gasteiger partial charge in [-0.3, -0.25) is 0 Å². The maximum atomic E-state index is 13.8. The van der Waals surface area contributed by atoms with Gasteiger partial charge in [-0.05, 0) is 42.7 Å². The van der Waals surface area contributed by atoms with Crippen molar-refractivity contribution in [3.63, 3.8) is 0 Å². The molecule has 0 aliphatic heterocycles. The lowest BCUT2D eigenvalue weighted by Gasteiger charge is -2.12. The SMILES string of the molecule is CCC(N)c1cccc(-c2cc(C)ccc2F)c1. The minimum absolute atomic E-state index is 0.0119. The van der Waals surface area contributed by atoms with Gasteiger partial charge in [0.25, 0.3) is 0 Å². The summed E-state index contributed by atoms with van der Waals surface area (Å²) >= 11 is 0. The quantitative estimate of drug-likeness (QED) is 0.858. The molecule has 0 aromatic heterocycles. The second kappa shape index (κ2) is 5.32. The Bertz CT molecular complexity index is 549. The molecule has 0 radical (unpaired) electrons. The molecule has 2 N–H and O–H groups in total. The van der Waals surface area contributed by atoms with Crippen LogP contribution in [0.2, 0.25) is 0 Å². The van der Waals surface area contributed by atoms with Crippen LogP contribution in [0.15, 0.2) is 42.5 Å². The van der Waals surface area contributed by atoms with Crippen molar-refractivity contribution in [1.82, 2.24) is 0 Å². The van der Waals surface area contributed by atoms with Gasteiger partial charge < -0.3 is 5.73 Å². The lowest BCUT2D eigenvalue weighted by Crippen LogP contribution is -2.08. The standard InChI is InChI=1S/C16H18FN/c1-3-16(18)13-6-4-5-12(10-13)14-9-11(2)7-8-15(14)17/h4-10,16H,3,18H2,1-2H3. The molecule has 2 aromatic rings. The lowest BCUT2D eigenvalue weighted by atomic mass is 9.97. The number of benzene rings is 2. The summed E-state index contributed by atoms with van der Waals surface area (Å²) < 4.78 is 13.8. The molecule has 0 spiro atoms. The summed E-state index contributed by atoms with van der Waals surface area (Å²) in [6.45, 7) is 4.01. The highest BCUT2D eigenvalue weighted by Gasteiger charge is 2.08. The van der Waals surface area contributed by atoms with Crippen molar-refractivity contribution in [2.75, 3.05) is 0 Å². The average Bonchev–Trinajstić information content (AvgIpc) is 2.40. The van der Waals surface area contributed by atoms with E-state index in [9.17, 15) is 4.39 Å². The van der Waals surface area contributed by atoms with Crippen molar-refractivity contribution in [1.29, 1.82) is 0 Å². The first-order valence-electron chi connectivity index (χ1n) is 6.24. The number of nitrogens with two attached hydrogens (primary N) is 1. The third kappa shape index (κ3) is 2.59. The van der Waals surface area contributed by atoms with E-state index in [0.717, 1.165) is 23.1 Å². The Morgan fingerprint density at radius 2 is 1.94 bits per heavy atom. The molecule has 0 aliphatic rings. The van der Waals surface area contributed by atoms with Crippen LogP contribution in [0.3, 0.4) is 0 Å². The number of rotatable bonds is 3. The molecule has 2 heteroatoms. The summed E-state index contributed by atoms with van der Waals surface area (Å²) in [5.41, 5.74) is 9.65. The zero-order chi connectivity index (χ0) is 13.1. The van der Waals surface area contributed by atoms with Crippen molar-refractivity contribution in [3.05, 3.63) is 59.4 Å². The molecule has 0 aliphatic carbocycles. The summed E-state index contributed by atoms with van der Waals surface area (Å²) in [6, 6.07) is 13.0. The molecule has 1 unspecified atom stereocenters. The van der Waals surface area contributed by atoms with E-state index >= 15 is 0 Å². The van der Waals surface area contributed by atoms with Crippen molar-refractivity contribution < 1.29 is 4.39 Å². The molecule has 1 nitrogen and oxygen atoms in total. The van der Waals surface area contributed by atoms with Crippen LogP contribution in [-0.4, -0.2) is 0 Å². The molecule has 94 valence electrons. The maximum absolute atomic E-state index is 13.8. The summed E-state index contributed by atoms with van der Waals surface area (Å²) in [5, 5.41) is 0. The molecule has 0 heterocycles. The van der Waals surface area contributed by atoms with E-state index in [1.54, 1.807) is 6.07 Å². The molecular formula is C16H18FN. The fourth-order valence-electron chi connectivity index (χ4n) is 2.03. The smallest absolute Gasteiger partial charge is 0.131 e. The summed E-state index contributed by atoms with van der Waals surface area (Å²) in [6.07, 6.45) is 0.875. The van der Waals surface area contributed by atoms with E-state index in [-0.39, 0.29) is 11.9 Å². The van der Waals surface area contributed by atoms with Crippen molar-refractivity contribution >= 4 is 0 Å². The van der Waals surface area contributed by atoms with Gasteiger partial charge in [0.1, 0.15) is 5.82 Å². The molecule has 18 heavy (non-hydrogen) atoms. The van der Waals surface area contributed by atoms with Crippen LogP contribution in [0.1, 0.15) is 30.5 Å². The van der Waals surface area contributed by atoms with Gasteiger partial charge in [-0.25, -0.2) is 4.39 Å². The third-order valence-electron chi connectivity index (χ3n) is 3.19. The monoisotopic (exact) mass is 243 g/mol. The van der Waals surface area contributed by atoms with Crippen LogP contribution in [0.5, 0.6) is 0 Å². The number of hydrogen-bond acceptors (Lipinski definition) is 1. The molecule has 0 saturated heterocycles. The number of aryl methyl sites for hydroxylation is 1. The zero-order valence-electron chi connectivity index (χ0n) is 10.8. The predicted molar refractivity (Wildman–Crippen MR) is 73.8 cm³/mol. The number of hydrogen-bond donors (Lipinski definition) is 1. The fraction of sp³-hybridized carbons (Fsp3) is 0.250. The maximum Gasteiger partial charge on any atom is 0.131 e. The minimum Gasteiger partial charge on any atom is -0.324 e. The van der Waals surface area contributed by atoms with Crippen LogP contribution in [0, 0.1) is 12.7 Å². The topological polar surface area (TPSA) is 26.0 Å².